The number of aliphatic hydroxyl groups excluding tert-OH is 1. The first-order valence-corrected chi connectivity index (χ1v) is 24.2. The molecule has 0 aliphatic heterocycles. The highest BCUT2D eigenvalue weighted by Crippen LogP contribution is 2.42. The van der Waals surface area contributed by atoms with Crippen molar-refractivity contribution in [2.75, 3.05) is 10.6 Å². The van der Waals surface area contributed by atoms with Crippen molar-refractivity contribution >= 4 is 76.9 Å². The fraction of sp³-hybridized carbons (Fsp3) is 0.333. The first-order valence-electron chi connectivity index (χ1n) is 19.0. The van der Waals surface area contributed by atoms with Gasteiger partial charge in [0.05, 0.1) is 35.4 Å². The number of aromatic nitrogens is 4. The Morgan fingerprint density at radius 1 is 0.683 bits per heavy atom. The first-order chi connectivity index (χ1) is 27.9. The van der Waals surface area contributed by atoms with E-state index < -0.39 is 20.5 Å². The third-order valence-corrected chi connectivity index (χ3v) is 17.9. The molecular weight excluding hydrogens is 848 g/mol. The maximum Gasteiger partial charge on any atom is 0.205 e. The SMILES string of the molecule is C.[C-]#[N+]c1ccc(N[C@@H](c2nnc(-c3ccccc3)s2)[C@H](C)O)c(C)c1Cl.[C-]#[N+]c1ccc(N[C@@H](c2nnc(-c3ccccc3)s2)[C@H](C)O[Si](C)(C)C(C)(C)C)c(C)c1Cl. The van der Waals surface area contributed by atoms with Crippen molar-refractivity contribution < 1.29 is 9.53 Å². The molecular formula is C45H52Cl2N8O2S2Si. The molecule has 0 fully saturated rings. The van der Waals surface area contributed by atoms with Crippen LogP contribution < -0.4 is 10.6 Å². The fourth-order valence-corrected chi connectivity index (χ4v) is 9.58. The van der Waals surface area contributed by atoms with E-state index in [9.17, 15) is 5.11 Å². The van der Waals surface area contributed by atoms with Crippen molar-refractivity contribution in [1.29, 1.82) is 0 Å². The molecule has 4 atom stereocenters. The molecule has 4 aromatic carbocycles. The van der Waals surface area contributed by atoms with Gasteiger partial charge in [-0.2, -0.15) is 0 Å². The molecule has 15 heteroatoms. The lowest BCUT2D eigenvalue weighted by Gasteiger charge is -2.40. The summed E-state index contributed by atoms with van der Waals surface area (Å²) in [5.74, 6) is 0. The summed E-state index contributed by atoms with van der Waals surface area (Å²) >= 11 is 15.7. The van der Waals surface area contributed by atoms with Crippen LogP contribution >= 0.6 is 45.9 Å². The zero-order valence-corrected chi connectivity index (χ0v) is 38.6. The van der Waals surface area contributed by atoms with Gasteiger partial charge in [0, 0.05) is 22.5 Å². The number of nitrogens with zero attached hydrogens (tertiary/aromatic N) is 6. The van der Waals surface area contributed by atoms with E-state index in [1.807, 2.05) is 80.6 Å². The first kappa shape index (κ1) is 48.0. The van der Waals surface area contributed by atoms with Gasteiger partial charge in [-0.25, -0.2) is 9.69 Å². The molecule has 0 saturated heterocycles. The van der Waals surface area contributed by atoms with E-state index in [2.05, 4.69) is 81.5 Å². The summed E-state index contributed by atoms with van der Waals surface area (Å²) in [6.45, 7) is 33.2. The lowest BCUT2D eigenvalue weighted by Crippen LogP contribution is -2.45. The van der Waals surface area contributed by atoms with E-state index in [-0.39, 0.29) is 24.6 Å². The molecule has 314 valence electrons. The van der Waals surface area contributed by atoms with E-state index in [0.29, 0.717) is 26.4 Å². The van der Waals surface area contributed by atoms with E-state index in [0.717, 1.165) is 48.7 Å². The van der Waals surface area contributed by atoms with Gasteiger partial charge in [0.25, 0.3) is 0 Å². The highest BCUT2D eigenvalue weighted by molar-refractivity contribution is 7.15. The molecule has 0 spiro atoms. The topological polar surface area (TPSA) is 114 Å². The highest BCUT2D eigenvalue weighted by Gasteiger charge is 2.40. The van der Waals surface area contributed by atoms with Gasteiger partial charge in [0.2, 0.25) is 11.4 Å². The van der Waals surface area contributed by atoms with Crippen LogP contribution in [0.1, 0.15) is 75.3 Å². The van der Waals surface area contributed by atoms with Gasteiger partial charge in [0.15, 0.2) is 8.32 Å². The lowest BCUT2D eigenvalue weighted by molar-refractivity contribution is 0.171. The Labute approximate surface area is 373 Å². The number of hydrogen-bond donors (Lipinski definition) is 3. The number of anilines is 2. The second-order valence-corrected chi connectivity index (χ2v) is 23.1. The lowest BCUT2D eigenvalue weighted by atomic mass is 10.1. The molecule has 0 radical (unpaired) electrons. The minimum atomic E-state index is -2.03. The zero-order chi connectivity index (χ0) is 43.1. The van der Waals surface area contributed by atoms with Crippen LogP contribution in [0.5, 0.6) is 0 Å². The van der Waals surface area contributed by atoms with Crippen molar-refractivity contribution in [3.05, 3.63) is 139 Å². The number of rotatable bonds is 12. The summed E-state index contributed by atoms with van der Waals surface area (Å²) in [6.07, 6.45) is -0.841. The molecule has 0 aliphatic carbocycles. The van der Waals surface area contributed by atoms with Crippen molar-refractivity contribution in [1.82, 2.24) is 20.4 Å². The Balaban J connectivity index is 0.000000267. The van der Waals surface area contributed by atoms with Crippen molar-refractivity contribution in [3.63, 3.8) is 0 Å². The standard InChI is InChI=1S/C25H31ClN4OSSi.C19H17ClN4OS.CH4/c1-16-19(14-15-20(27-6)21(16)26)28-22(17(2)31-33(7,8)25(3,4)5)24-30-29-23(32-24)18-12-10-9-11-13-18;1-11-14(9-10-15(21-3)16(11)20)22-17(12(2)25)19-24-23-18(26-19)13-7-5-4-6-8-13;/h9-15,17,22,28H,1-5,7-8H3;4-10,12,17,22,25H,1-2H3;1H4/t17-,22+;12-,17+;/m00./s1. The molecule has 2 aromatic heterocycles. The molecule has 10 nitrogen and oxygen atoms in total. The van der Waals surface area contributed by atoms with Crippen LogP contribution in [0.3, 0.4) is 0 Å². The zero-order valence-electron chi connectivity index (χ0n) is 34.5. The monoisotopic (exact) mass is 898 g/mol. The van der Waals surface area contributed by atoms with E-state index in [4.69, 9.17) is 40.8 Å². The Morgan fingerprint density at radius 3 is 1.47 bits per heavy atom. The average Bonchev–Trinajstić information content (AvgIpc) is 3.91. The predicted octanol–water partition coefficient (Wildman–Crippen LogP) is 14.2. The van der Waals surface area contributed by atoms with Crippen LogP contribution in [0.2, 0.25) is 28.2 Å². The quantitative estimate of drug-likeness (QED) is 0.0822. The average molecular weight is 900 g/mol. The van der Waals surface area contributed by atoms with Crippen molar-refractivity contribution in [2.24, 2.45) is 0 Å². The Hall–Kier alpha value is -4.70. The molecule has 0 bridgehead atoms. The molecule has 6 aromatic rings. The number of aliphatic hydroxyl groups is 1. The third kappa shape index (κ3) is 11.4. The fourth-order valence-electron chi connectivity index (χ4n) is 5.76. The molecule has 0 aliphatic rings. The van der Waals surface area contributed by atoms with Crippen LogP contribution in [-0.4, -0.2) is 46.0 Å². The van der Waals surface area contributed by atoms with Crippen LogP contribution in [0, 0.1) is 27.0 Å². The van der Waals surface area contributed by atoms with E-state index >= 15 is 0 Å². The molecule has 60 heavy (non-hydrogen) atoms. The van der Waals surface area contributed by atoms with Gasteiger partial charge in [-0.15, -0.1) is 20.4 Å². The number of hydrogen-bond acceptors (Lipinski definition) is 10. The van der Waals surface area contributed by atoms with E-state index in [1.54, 1.807) is 36.5 Å². The summed E-state index contributed by atoms with van der Waals surface area (Å²) in [4.78, 5) is 6.91. The molecule has 3 N–H and O–H groups in total. The van der Waals surface area contributed by atoms with Gasteiger partial charge in [-0.3, -0.25) is 0 Å². The maximum atomic E-state index is 10.3. The number of halogens is 2. The molecule has 0 unspecified atom stereocenters. The Kier molecular flexibility index (Phi) is 16.6. The minimum Gasteiger partial charge on any atom is -0.412 e. The summed E-state index contributed by atoms with van der Waals surface area (Å²) < 4.78 is 6.75. The van der Waals surface area contributed by atoms with Crippen LogP contribution in [0.4, 0.5) is 22.7 Å². The third-order valence-electron chi connectivity index (χ3n) is 10.3. The maximum absolute atomic E-state index is 10.3. The molecule has 6 rings (SSSR count). The second kappa shape index (κ2) is 20.7. The van der Waals surface area contributed by atoms with Gasteiger partial charge in [-0.05, 0) is 69.1 Å². The van der Waals surface area contributed by atoms with E-state index in [1.165, 1.54) is 11.3 Å². The van der Waals surface area contributed by atoms with Gasteiger partial charge in [0.1, 0.15) is 32.1 Å². The highest BCUT2D eigenvalue weighted by atomic mass is 35.5. The molecule has 0 saturated carbocycles. The smallest absolute Gasteiger partial charge is 0.205 e. The summed E-state index contributed by atoms with van der Waals surface area (Å²) in [6, 6.07) is 26.3. The largest absolute Gasteiger partial charge is 0.412 e. The summed E-state index contributed by atoms with van der Waals surface area (Å²) in [5.41, 5.74) is 6.10. The minimum absolute atomic E-state index is 0. The number of nitrogens with one attached hydrogen (secondary N) is 2. The van der Waals surface area contributed by atoms with Gasteiger partial charge >= 0.3 is 0 Å². The number of benzene rings is 4. The van der Waals surface area contributed by atoms with Crippen LogP contribution in [0.15, 0.2) is 84.9 Å². The molecule has 0 amide bonds. The Bertz CT molecular complexity index is 2440. The van der Waals surface area contributed by atoms with Crippen LogP contribution in [-0.2, 0) is 4.43 Å². The summed E-state index contributed by atoms with van der Waals surface area (Å²) in [5, 5.41) is 38.9. The van der Waals surface area contributed by atoms with Crippen molar-refractivity contribution in [3.8, 4) is 21.1 Å². The molecule has 2 heterocycles. The van der Waals surface area contributed by atoms with Crippen molar-refractivity contribution in [2.45, 2.75) is 98.3 Å². The second-order valence-electron chi connectivity index (χ2n) is 15.6. The normalized spacial score (nSPS) is 13.3. The summed E-state index contributed by atoms with van der Waals surface area (Å²) in [7, 11) is -2.03. The van der Waals surface area contributed by atoms with Gasteiger partial charge < -0.3 is 20.2 Å². The Morgan fingerprint density at radius 2 is 1.08 bits per heavy atom. The predicted molar refractivity (Wildman–Crippen MR) is 254 cm³/mol. The van der Waals surface area contributed by atoms with Crippen LogP contribution in [0.25, 0.3) is 30.8 Å². The van der Waals surface area contributed by atoms with Gasteiger partial charge in [-0.1, -0.05) is 147 Å².